The van der Waals surface area contributed by atoms with E-state index in [9.17, 15) is 0 Å². The zero-order chi connectivity index (χ0) is 11.1. The molecule has 0 aromatic rings. The molecule has 2 nitrogen and oxygen atoms in total. The molecule has 2 unspecified atom stereocenters. The summed E-state index contributed by atoms with van der Waals surface area (Å²) < 4.78 is 0. The lowest BCUT2D eigenvalue weighted by molar-refractivity contribution is 0.118. The maximum atomic E-state index is 3.45. The van der Waals surface area contributed by atoms with E-state index in [1.165, 1.54) is 51.7 Å². The van der Waals surface area contributed by atoms with Gasteiger partial charge in [-0.05, 0) is 20.3 Å². The largest absolute Gasteiger partial charge is 0.314 e. The number of nitrogens with one attached hydrogen (secondary N) is 1. The Morgan fingerprint density at radius 3 is 2.80 bits per heavy atom. The minimum Gasteiger partial charge on any atom is -0.314 e. The van der Waals surface area contributed by atoms with E-state index in [2.05, 4.69) is 31.0 Å². The van der Waals surface area contributed by atoms with E-state index in [1.54, 1.807) is 0 Å². The van der Waals surface area contributed by atoms with Crippen molar-refractivity contribution in [1.82, 2.24) is 10.2 Å². The predicted molar refractivity (Wildman–Crippen MR) is 67.3 cm³/mol. The monoisotopic (exact) mass is 212 g/mol. The van der Waals surface area contributed by atoms with Crippen molar-refractivity contribution in [3.05, 3.63) is 0 Å². The van der Waals surface area contributed by atoms with Crippen LogP contribution in [0.25, 0.3) is 0 Å². The zero-order valence-electron chi connectivity index (χ0n) is 10.8. The highest BCUT2D eigenvalue weighted by Crippen LogP contribution is 2.14. The smallest absolute Gasteiger partial charge is 0.0195 e. The van der Waals surface area contributed by atoms with Crippen LogP contribution in [-0.4, -0.2) is 36.6 Å². The Kier molecular flexibility index (Phi) is 6.26. The van der Waals surface area contributed by atoms with Crippen molar-refractivity contribution in [1.29, 1.82) is 0 Å². The molecule has 0 aliphatic carbocycles. The Morgan fingerprint density at radius 2 is 2.13 bits per heavy atom. The highest BCUT2D eigenvalue weighted by atomic mass is 15.2. The average molecular weight is 212 g/mol. The summed E-state index contributed by atoms with van der Waals surface area (Å²) in [5.41, 5.74) is 0. The van der Waals surface area contributed by atoms with Crippen LogP contribution in [0.4, 0.5) is 0 Å². The third kappa shape index (κ3) is 4.52. The number of piperazine rings is 1. The van der Waals surface area contributed by atoms with Gasteiger partial charge in [-0.3, -0.25) is 4.90 Å². The first kappa shape index (κ1) is 13.0. The Labute approximate surface area is 95.4 Å². The van der Waals surface area contributed by atoms with Gasteiger partial charge in [0.25, 0.3) is 0 Å². The molecule has 2 heteroatoms. The molecule has 1 fully saturated rings. The van der Waals surface area contributed by atoms with E-state index in [4.69, 9.17) is 0 Å². The maximum absolute atomic E-state index is 3.45. The fraction of sp³-hybridized carbons (Fsp3) is 1.00. The molecular formula is C13H28N2. The predicted octanol–water partition coefficient (Wildman–Crippen LogP) is 2.64. The SMILES string of the molecule is CCCCCCC(C)N1CCNCC1C. The summed E-state index contributed by atoms with van der Waals surface area (Å²) in [5.74, 6) is 0. The van der Waals surface area contributed by atoms with Gasteiger partial charge < -0.3 is 5.32 Å². The van der Waals surface area contributed by atoms with Crippen molar-refractivity contribution in [2.75, 3.05) is 19.6 Å². The van der Waals surface area contributed by atoms with E-state index in [-0.39, 0.29) is 0 Å². The van der Waals surface area contributed by atoms with Crippen LogP contribution in [0.1, 0.15) is 52.9 Å². The Hall–Kier alpha value is -0.0800. The van der Waals surface area contributed by atoms with Crippen LogP contribution >= 0.6 is 0 Å². The second-order valence-corrected chi connectivity index (χ2v) is 4.99. The standard InChI is InChI=1S/C13H28N2/c1-4-5-6-7-8-12(2)15-10-9-14-11-13(15)3/h12-14H,4-11H2,1-3H3. The Bertz CT molecular complexity index is 159. The molecule has 1 heterocycles. The summed E-state index contributed by atoms with van der Waals surface area (Å²) >= 11 is 0. The molecule has 0 amide bonds. The van der Waals surface area contributed by atoms with Gasteiger partial charge >= 0.3 is 0 Å². The average Bonchev–Trinajstić information content (AvgIpc) is 2.25. The molecule has 2 atom stereocenters. The molecule has 1 saturated heterocycles. The summed E-state index contributed by atoms with van der Waals surface area (Å²) in [5, 5.41) is 3.45. The summed E-state index contributed by atoms with van der Waals surface area (Å²) in [7, 11) is 0. The molecule has 1 rings (SSSR count). The van der Waals surface area contributed by atoms with Gasteiger partial charge in [0.05, 0.1) is 0 Å². The topological polar surface area (TPSA) is 15.3 Å². The minimum absolute atomic E-state index is 0.722. The Morgan fingerprint density at radius 1 is 1.33 bits per heavy atom. The van der Waals surface area contributed by atoms with Gasteiger partial charge in [0, 0.05) is 31.7 Å². The molecule has 15 heavy (non-hydrogen) atoms. The molecule has 0 aromatic heterocycles. The quantitative estimate of drug-likeness (QED) is 0.681. The first-order chi connectivity index (χ1) is 7.25. The van der Waals surface area contributed by atoms with E-state index in [1.807, 2.05) is 0 Å². The number of hydrogen-bond donors (Lipinski definition) is 1. The molecule has 0 radical (unpaired) electrons. The van der Waals surface area contributed by atoms with Crippen LogP contribution in [-0.2, 0) is 0 Å². The number of hydrogen-bond acceptors (Lipinski definition) is 2. The lowest BCUT2D eigenvalue weighted by Gasteiger charge is -2.38. The van der Waals surface area contributed by atoms with Crippen LogP contribution in [0.15, 0.2) is 0 Å². The first-order valence-corrected chi connectivity index (χ1v) is 6.72. The van der Waals surface area contributed by atoms with Crippen molar-refractivity contribution in [2.45, 2.75) is 65.0 Å². The van der Waals surface area contributed by atoms with Crippen LogP contribution in [0.3, 0.4) is 0 Å². The van der Waals surface area contributed by atoms with Gasteiger partial charge in [0.1, 0.15) is 0 Å². The van der Waals surface area contributed by atoms with Crippen LogP contribution in [0.5, 0.6) is 0 Å². The van der Waals surface area contributed by atoms with Crippen LogP contribution in [0, 0.1) is 0 Å². The summed E-state index contributed by atoms with van der Waals surface area (Å²) in [6.45, 7) is 10.6. The molecule has 1 N–H and O–H groups in total. The number of nitrogens with zero attached hydrogens (tertiary/aromatic N) is 1. The molecule has 90 valence electrons. The molecule has 0 aromatic carbocycles. The van der Waals surface area contributed by atoms with Crippen molar-refractivity contribution in [3.63, 3.8) is 0 Å². The van der Waals surface area contributed by atoms with Crippen LogP contribution < -0.4 is 5.32 Å². The minimum atomic E-state index is 0.722. The lowest BCUT2D eigenvalue weighted by atomic mass is 10.0. The third-order valence-corrected chi connectivity index (χ3v) is 3.59. The molecule has 0 saturated carbocycles. The van der Waals surface area contributed by atoms with Crippen molar-refractivity contribution >= 4 is 0 Å². The van der Waals surface area contributed by atoms with Gasteiger partial charge in [0.15, 0.2) is 0 Å². The number of unbranched alkanes of at least 4 members (excludes halogenated alkanes) is 3. The van der Waals surface area contributed by atoms with E-state index in [0.717, 1.165) is 12.1 Å². The van der Waals surface area contributed by atoms with Crippen molar-refractivity contribution in [3.8, 4) is 0 Å². The van der Waals surface area contributed by atoms with E-state index < -0.39 is 0 Å². The van der Waals surface area contributed by atoms with E-state index >= 15 is 0 Å². The second-order valence-electron chi connectivity index (χ2n) is 4.99. The lowest BCUT2D eigenvalue weighted by Crippen LogP contribution is -2.53. The normalized spacial score (nSPS) is 25.4. The summed E-state index contributed by atoms with van der Waals surface area (Å²) in [4.78, 5) is 2.67. The van der Waals surface area contributed by atoms with Crippen LogP contribution in [0.2, 0.25) is 0 Å². The van der Waals surface area contributed by atoms with Gasteiger partial charge in [-0.2, -0.15) is 0 Å². The van der Waals surface area contributed by atoms with E-state index in [0.29, 0.717) is 0 Å². The fourth-order valence-electron chi connectivity index (χ4n) is 2.54. The molecular weight excluding hydrogens is 184 g/mol. The summed E-state index contributed by atoms with van der Waals surface area (Å²) in [6.07, 6.45) is 6.96. The number of rotatable bonds is 6. The van der Waals surface area contributed by atoms with Gasteiger partial charge in [-0.25, -0.2) is 0 Å². The Balaban J connectivity index is 2.16. The molecule has 1 aliphatic rings. The van der Waals surface area contributed by atoms with Gasteiger partial charge in [-0.15, -0.1) is 0 Å². The van der Waals surface area contributed by atoms with Gasteiger partial charge in [-0.1, -0.05) is 32.6 Å². The van der Waals surface area contributed by atoms with Crippen molar-refractivity contribution in [2.24, 2.45) is 0 Å². The molecule has 0 bridgehead atoms. The summed E-state index contributed by atoms with van der Waals surface area (Å²) in [6, 6.07) is 1.50. The fourth-order valence-corrected chi connectivity index (χ4v) is 2.54. The maximum Gasteiger partial charge on any atom is 0.0195 e. The zero-order valence-corrected chi connectivity index (χ0v) is 10.8. The third-order valence-electron chi connectivity index (χ3n) is 3.59. The first-order valence-electron chi connectivity index (χ1n) is 6.72. The van der Waals surface area contributed by atoms with Crippen molar-refractivity contribution < 1.29 is 0 Å². The highest BCUT2D eigenvalue weighted by molar-refractivity contribution is 4.80. The molecule has 1 aliphatic heterocycles. The highest BCUT2D eigenvalue weighted by Gasteiger charge is 2.22. The molecule has 0 spiro atoms. The van der Waals surface area contributed by atoms with Gasteiger partial charge in [0.2, 0.25) is 0 Å². The second kappa shape index (κ2) is 7.24.